The van der Waals surface area contributed by atoms with Crippen LogP contribution in [0, 0.1) is 0 Å². The number of nitrogens with one attached hydrogen (secondary N) is 1. The van der Waals surface area contributed by atoms with E-state index in [0.717, 1.165) is 0 Å². The molecular weight excluding hydrogens is 242 g/mol. The highest BCUT2D eigenvalue weighted by molar-refractivity contribution is 5.85. The number of aliphatic hydroxyl groups excluding tert-OH is 4. The van der Waals surface area contributed by atoms with Crippen LogP contribution in [0.5, 0.6) is 0 Å². The van der Waals surface area contributed by atoms with E-state index >= 15 is 0 Å². The van der Waals surface area contributed by atoms with Crippen molar-refractivity contribution in [3.63, 3.8) is 0 Å². The van der Waals surface area contributed by atoms with Gasteiger partial charge in [-0.1, -0.05) is 0 Å². The Hall–Kier alpha value is -0.440. The number of halogens is 1. The van der Waals surface area contributed by atoms with Crippen molar-refractivity contribution in [3.05, 3.63) is 0 Å². The number of aliphatic hydroxyl groups is 4. The minimum Gasteiger partial charge on any atom is -0.394 e. The molecule has 16 heavy (non-hydrogen) atoms. The Morgan fingerprint density at radius 1 is 1.31 bits per heavy atom. The van der Waals surface area contributed by atoms with Crippen LogP contribution in [-0.4, -0.2) is 63.6 Å². The summed E-state index contributed by atoms with van der Waals surface area (Å²) >= 11 is 0. The first-order valence-electron chi connectivity index (χ1n) is 4.55. The quantitative estimate of drug-likeness (QED) is 0.369. The molecule has 1 fully saturated rings. The summed E-state index contributed by atoms with van der Waals surface area (Å²) in [7, 11) is 0. The van der Waals surface area contributed by atoms with Gasteiger partial charge >= 0.3 is 0 Å². The van der Waals surface area contributed by atoms with E-state index in [2.05, 4.69) is 5.32 Å². The third-order valence-corrected chi connectivity index (χ3v) is 2.27. The van der Waals surface area contributed by atoms with E-state index in [1.54, 1.807) is 0 Å². The summed E-state index contributed by atoms with van der Waals surface area (Å²) in [5.41, 5.74) is 0. The zero-order chi connectivity index (χ0) is 11.6. The normalized spacial score (nSPS) is 38.7. The second-order valence-corrected chi connectivity index (χ2v) is 3.46. The molecule has 0 aromatic heterocycles. The largest absolute Gasteiger partial charge is 0.394 e. The van der Waals surface area contributed by atoms with Crippen LogP contribution in [-0.2, 0) is 9.53 Å². The van der Waals surface area contributed by atoms with Crippen LogP contribution in [0.2, 0.25) is 0 Å². The second-order valence-electron chi connectivity index (χ2n) is 3.46. The third-order valence-electron chi connectivity index (χ3n) is 2.27. The van der Waals surface area contributed by atoms with Crippen LogP contribution in [0.1, 0.15) is 6.92 Å². The summed E-state index contributed by atoms with van der Waals surface area (Å²) in [4.78, 5) is 10.7. The van der Waals surface area contributed by atoms with Crippen LogP contribution in [0.4, 0.5) is 0 Å². The predicted octanol–water partition coefficient (Wildman–Crippen LogP) is -2.66. The highest BCUT2D eigenvalue weighted by Crippen LogP contribution is 2.19. The maximum atomic E-state index is 10.7. The van der Waals surface area contributed by atoms with Gasteiger partial charge in [-0.25, -0.2) is 0 Å². The molecular formula is C8H16ClNO6. The molecule has 1 unspecified atom stereocenters. The van der Waals surface area contributed by atoms with Crippen molar-refractivity contribution < 1.29 is 30.0 Å². The molecule has 1 heterocycles. The monoisotopic (exact) mass is 257 g/mol. The summed E-state index contributed by atoms with van der Waals surface area (Å²) < 4.78 is 4.81. The summed E-state index contributed by atoms with van der Waals surface area (Å²) in [5.74, 6) is -0.462. The summed E-state index contributed by atoms with van der Waals surface area (Å²) in [5, 5.41) is 39.4. The zero-order valence-electron chi connectivity index (χ0n) is 8.61. The SMILES string of the molecule is CC(=O)N[C@@H]1C(O)O[C@H](CO)[C@@H](O)[C@@H]1O.Cl. The summed E-state index contributed by atoms with van der Waals surface area (Å²) in [6.07, 6.45) is -5.24. The Bertz CT molecular complexity index is 241. The summed E-state index contributed by atoms with van der Waals surface area (Å²) in [6, 6.07) is -1.10. The number of carbonyl (C=O) groups is 1. The van der Waals surface area contributed by atoms with E-state index < -0.39 is 43.2 Å². The molecule has 1 amide bonds. The fraction of sp³-hybridized carbons (Fsp3) is 0.875. The van der Waals surface area contributed by atoms with E-state index in [1.807, 2.05) is 0 Å². The lowest BCUT2D eigenvalue weighted by atomic mass is 9.97. The van der Waals surface area contributed by atoms with Gasteiger partial charge in [-0.2, -0.15) is 0 Å². The van der Waals surface area contributed by atoms with Crippen molar-refractivity contribution >= 4 is 18.3 Å². The molecule has 0 saturated carbocycles. The molecule has 1 aliphatic heterocycles. The predicted molar refractivity (Wildman–Crippen MR) is 54.8 cm³/mol. The number of hydrogen-bond acceptors (Lipinski definition) is 6. The number of hydrogen-bond donors (Lipinski definition) is 5. The van der Waals surface area contributed by atoms with E-state index in [-0.39, 0.29) is 12.4 Å². The fourth-order valence-electron chi connectivity index (χ4n) is 1.49. The Morgan fingerprint density at radius 2 is 1.88 bits per heavy atom. The second kappa shape index (κ2) is 6.33. The third kappa shape index (κ3) is 3.27. The molecule has 0 aromatic carbocycles. The average molecular weight is 258 g/mol. The molecule has 5 atom stereocenters. The van der Waals surface area contributed by atoms with Crippen LogP contribution in [0.15, 0.2) is 0 Å². The minimum absolute atomic E-state index is 0. The van der Waals surface area contributed by atoms with E-state index in [1.165, 1.54) is 6.92 Å². The maximum absolute atomic E-state index is 10.7. The highest BCUT2D eigenvalue weighted by Gasteiger charge is 2.43. The summed E-state index contributed by atoms with van der Waals surface area (Å²) in [6.45, 7) is 0.687. The van der Waals surface area contributed by atoms with Gasteiger partial charge in [0, 0.05) is 6.92 Å². The molecule has 96 valence electrons. The van der Waals surface area contributed by atoms with Crippen LogP contribution in [0.3, 0.4) is 0 Å². The lowest BCUT2D eigenvalue weighted by Gasteiger charge is -2.40. The zero-order valence-corrected chi connectivity index (χ0v) is 9.42. The van der Waals surface area contributed by atoms with Crippen LogP contribution < -0.4 is 5.32 Å². The number of rotatable bonds is 2. The molecule has 0 aliphatic carbocycles. The number of carbonyl (C=O) groups excluding carboxylic acids is 1. The van der Waals surface area contributed by atoms with Crippen molar-refractivity contribution in [2.24, 2.45) is 0 Å². The molecule has 1 saturated heterocycles. The number of ether oxygens (including phenoxy) is 1. The molecule has 7 nitrogen and oxygen atoms in total. The molecule has 0 bridgehead atoms. The van der Waals surface area contributed by atoms with E-state index in [0.29, 0.717) is 0 Å². The van der Waals surface area contributed by atoms with Crippen molar-refractivity contribution in [3.8, 4) is 0 Å². The van der Waals surface area contributed by atoms with Gasteiger partial charge < -0.3 is 30.5 Å². The first kappa shape index (κ1) is 15.6. The molecule has 0 spiro atoms. The van der Waals surface area contributed by atoms with E-state index in [9.17, 15) is 20.1 Å². The average Bonchev–Trinajstić information content (AvgIpc) is 2.18. The van der Waals surface area contributed by atoms with Gasteiger partial charge in [-0.05, 0) is 0 Å². The standard InChI is InChI=1S/C8H15NO6.ClH/c1-3(11)9-5-7(13)6(12)4(2-10)15-8(5)14;/h4-8,10,12-14H,2H2,1H3,(H,9,11);1H/t4-,5+,6-,7-,8?;/m1./s1. The topological polar surface area (TPSA) is 119 Å². The minimum atomic E-state index is -1.45. The van der Waals surface area contributed by atoms with Gasteiger partial charge in [-0.3, -0.25) is 4.79 Å². The maximum Gasteiger partial charge on any atom is 0.217 e. The molecule has 0 aromatic rings. The Balaban J connectivity index is 0.00000225. The molecule has 1 aliphatic rings. The first-order valence-corrected chi connectivity index (χ1v) is 4.55. The van der Waals surface area contributed by atoms with Crippen LogP contribution in [0.25, 0.3) is 0 Å². The molecule has 5 N–H and O–H groups in total. The van der Waals surface area contributed by atoms with Gasteiger partial charge in [0.05, 0.1) is 6.61 Å². The van der Waals surface area contributed by atoms with Crippen molar-refractivity contribution in [1.29, 1.82) is 0 Å². The first-order chi connectivity index (χ1) is 6.97. The van der Waals surface area contributed by atoms with Gasteiger partial charge in [0.1, 0.15) is 24.4 Å². The van der Waals surface area contributed by atoms with Gasteiger partial charge in [0.25, 0.3) is 0 Å². The van der Waals surface area contributed by atoms with Crippen LogP contribution >= 0.6 is 12.4 Å². The Morgan fingerprint density at radius 3 is 2.31 bits per heavy atom. The number of amides is 1. The molecule has 0 radical (unpaired) electrons. The van der Waals surface area contributed by atoms with Crippen molar-refractivity contribution in [2.75, 3.05) is 6.61 Å². The lowest BCUT2D eigenvalue weighted by Crippen LogP contribution is -2.63. The molecule has 1 rings (SSSR count). The highest BCUT2D eigenvalue weighted by atomic mass is 35.5. The smallest absolute Gasteiger partial charge is 0.217 e. The van der Waals surface area contributed by atoms with Gasteiger partial charge in [0.2, 0.25) is 5.91 Å². The van der Waals surface area contributed by atoms with E-state index in [4.69, 9.17) is 9.84 Å². The Labute approximate surface area is 98.4 Å². The Kier molecular flexibility index (Phi) is 6.16. The lowest BCUT2D eigenvalue weighted by molar-refractivity contribution is -0.253. The van der Waals surface area contributed by atoms with Crippen molar-refractivity contribution in [2.45, 2.75) is 37.6 Å². The van der Waals surface area contributed by atoms with Gasteiger partial charge in [-0.15, -0.1) is 12.4 Å². The molecule has 8 heteroatoms. The van der Waals surface area contributed by atoms with Gasteiger partial charge in [0.15, 0.2) is 6.29 Å². The fourth-order valence-corrected chi connectivity index (χ4v) is 1.49. The van der Waals surface area contributed by atoms with Crippen molar-refractivity contribution in [1.82, 2.24) is 5.32 Å².